The lowest BCUT2D eigenvalue weighted by Crippen LogP contribution is -2.52. The Balaban J connectivity index is 1.46. The molecule has 11 nitrogen and oxygen atoms in total. The number of hydrogen-bond donors (Lipinski definition) is 4. The van der Waals surface area contributed by atoms with Gasteiger partial charge in [0.2, 0.25) is 11.5 Å². The fraction of sp³-hybridized carbons (Fsp3) is 0.387. The Morgan fingerprint density at radius 2 is 1.91 bits per heavy atom. The number of fused-ring (bicyclic) bond motifs is 1. The SMILES string of the molecule is CC(C)(C)OC(=O)C(CCC(N)=O)CC(=O)c1cc2cc(N3CC[C@](O)(C(=O)NCc4cc(F)cc(Cl)c4)C3=O)ccc2[nH]1. The van der Waals surface area contributed by atoms with Gasteiger partial charge in [-0.05, 0) is 75.2 Å². The number of H-pyrrole nitrogens is 1. The summed E-state index contributed by atoms with van der Waals surface area (Å²) in [5.74, 6) is -4.79. The van der Waals surface area contributed by atoms with Crippen molar-refractivity contribution in [1.82, 2.24) is 10.3 Å². The maximum atomic E-state index is 13.6. The second-order valence-corrected chi connectivity index (χ2v) is 12.3. The van der Waals surface area contributed by atoms with Gasteiger partial charge in [-0.15, -0.1) is 0 Å². The van der Waals surface area contributed by atoms with E-state index in [0.29, 0.717) is 22.2 Å². The topological polar surface area (TPSA) is 172 Å². The summed E-state index contributed by atoms with van der Waals surface area (Å²) in [5, 5.41) is 14.2. The Labute approximate surface area is 257 Å². The highest BCUT2D eigenvalue weighted by Crippen LogP contribution is 2.32. The van der Waals surface area contributed by atoms with E-state index in [1.165, 1.54) is 17.0 Å². The minimum atomic E-state index is -2.33. The molecule has 3 amide bonds. The lowest BCUT2D eigenvalue weighted by molar-refractivity contribution is -0.160. The van der Waals surface area contributed by atoms with Crippen LogP contribution in [0.2, 0.25) is 5.02 Å². The number of anilines is 1. The predicted octanol–water partition coefficient (Wildman–Crippen LogP) is 3.54. The Bertz CT molecular complexity index is 1610. The minimum Gasteiger partial charge on any atom is -0.460 e. The Morgan fingerprint density at radius 1 is 1.18 bits per heavy atom. The van der Waals surface area contributed by atoms with Gasteiger partial charge in [-0.3, -0.25) is 24.0 Å². The lowest BCUT2D eigenvalue weighted by Gasteiger charge is -2.23. The van der Waals surface area contributed by atoms with Crippen LogP contribution in [0.5, 0.6) is 0 Å². The third-order valence-corrected chi connectivity index (χ3v) is 7.39. The summed E-state index contributed by atoms with van der Waals surface area (Å²) in [5.41, 5.74) is 3.70. The number of hydrogen-bond acceptors (Lipinski definition) is 7. The van der Waals surface area contributed by atoms with Gasteiger partial charge in [-0.2, -0.15) is 0 Å². The van der Waals surface area contributed by atoms with Crippen molar-refractivity contribution in [3.8, 4) is 0 Å². The molecule has 13 heteroatoms. The molecule has 1 aromatic heterocycles. The summed E-state index contributed by atoms with van der Waals surface area (Å²) < 4.78 is 19.1. The van der Waals surface area contributed by atoms with Crippen LogP contribution in [0.3, 0.4) is 0 Å². The van der Waals surface area contributed by atoms with E-state index in [2.05, 4.69) is 10.3 Å². The molecule has 2 aromatic carbocycles. The standard InChI is InChI=1S/C31H34ClFN4O7/c1-30(2,3)44-27(40)18(4-7-26(34)39)14-25(38)24-13-19-12-22(5-6-23(19)36-24)37-9-8-31(43,29(37)42)28(41)35-16-17-10-20(32)15-21(33)11-17/h5-6,10-13,15,18,36,43H,4,7-9,14,16H2,1-3H3,(H2,34,39)(H,35,41)/t18?,31-/m0/s1. The van der Waals surface area contributed by atoms with Gasteiger partial charge in [-0.1, -0.05) is 11.6 Å². The number of aromatic amines is 1. The van der Waals surface area contributed by atoms with E-state index in [-0.39, 0.29) is 55.3 Å². The second-order valence-electron chi connectivity index (χ2n) is 11.8. The van der Waals surface area contributed by atoms with Gasteiger partial charge in [0.1, 0.15) is 11.4 Å². The van der Waals surface area contributed by atoms with Crippen LogP contribution in [0.15, 0.2) is 42.5 Å². The van der Waals surface area contributed by atoms with Crippen LogP contribution in [-0.2, 0) is 30.5 Å². The fourth-order valence-corrected chi connectivity index (χ4v) is 5.23. The number of nitrogens with zero attached hydrogens (tertiary/aromatic N) is 1. The van der Waals surface area contributed by atoms with Gasteiger partial charge in [0.25, 0.3) is 11.8 Å². The molecular weight excluding hydrogens is 595 g/mol. The zero-order valence-electron chi connectivity index (χ0n) is 24.5. The van der Waals surface area contributed by atoms with E-state index in [4.69, 9.17) is 22.1 Å². The number of ether oxygens (including phenoxy) is 1. The van der Waals surface area contributed by atoms with Gasteiger partial charge >= 0.3 is 5.97 Å². The second kappa shape index (κ2) is 12.7. The Morgan fingerprint density at radius 3 is 2.57 bits per heavy atom. The first kappa shape index (κ1) is 32.6. The van der Waals surface area contributed by atoms with E-state index < -0.39 is 46.6 Å². The molecule has 4 rings (SSSR count). The molecule has 0 spiro atoms. The van der Waals surface area contributed by atoms with Gasteiger partial charge in [0, 0.05) is 54.0 Å². The van der Waals surface area contributed by atoms with Crippen LogP contribution in [-0.4, -0.2) is 57.3 Å². The predicted molar refractivity (Wildman–Crippen MR) is 160 cm³/mol. The van der Waals surface area contributed by atoms with Gasteiger partial charge in [0.05, 0.1) is 11.6 Å². The van der Waals surface area contributed by atoms with E-state index in [0.717, 1.165) is 6.07 Å². The number of ketones is 1. The molecule has 2 heterocycles. The fourth-order valence-electron chi connectivity index (χ4n) is 4.98. The molecule has 1 unspecified atom stereocenters. The lowest BCUT2D eigenvalue weighted by atomic mass is 9.95. The van der Waals surface area contributed by atoms with Crippen molar-refractivity contribution in [3.63, 3.8) is 0 Å². The normalized spacial score (nSPS) is 17.5. The summed E-state index contributed by atoms with van der Waals surface area (Å²) in [6.45, 7) is 5.02. The number of Topliss-reactive ketones (excluding diaryl/α,β-unsaturated/α-hetero) is 1. The van der Waals surface area contributed by atoms with Crippen molar-refractivity contribution >= 4 is 57.7 Å². The van der Waals surface area contributed by atoms with Crippen LogP contribution in [0, 0.1) is 11.7 Å². The summed E-state index contributed by atoms with van der Waals surface area (Å²) in [6.07, 6.45) is -0.408. The van der Waals surface area contributed by atoms with Crippen molar-refractivity contribution in [3.05, 3.63) is 64.6 Å². The molecule has 0 radical (unpaired) electrons. The molecule has 3 aromatic rings. The van der Waals surface area contributed by atoms with Crippen LogP contribution >= 0.6 is 11.6 Å². The average molecular weight is 629 g/mol. The van der Waals surface area contributed by atoms with Crippen molar-refractivity contribution in [2.45, 2.75) is 64.2 Å². The zero-order valence-corrected chi connectivity index (χ0v) is 25.3. The van der Waals surface area contributed by atoms with Gasteiger partial charge < -0.3 is 30.8 Å². The Kier molecular flexibility index (Phi) is 9.45. The molecule has 0 bridgehead atoms. The number of halogens is 2. The number of nitrogens with one attached hydrogen (secondary N) is 2. The van der Waals surface area contributed by atoms with E-state index in [1.54, 1.807) is 45.0 Å². The molecule has 44 heavy (non-hydrogen) atoms. The molecule has 1 fully saturated rings. The first-order valence-electron chi connectivity index (χ1n) is 14.0. The first-order chi connectivity index (χ1) is 20.6. The maximum absolute atomic E-state index is 13.6. The quantitative estimate of drug-likeness (QED) is 0.143. The number of nitrogens with two attached hydrogens (primary N) is 1. The third-order valence-electron chi connectivity index (χ3n) is 7.17. The molecule has 0 aliphatic carbocycles. The molecule has 2 atom stereocenters. The number of rotatable bonds is 11. The molecular formula is C31H34ClFN4O7. The smallest absolute Gasteiger partial charge is 0.309 e. The molecule has 0 saturated carbocycles. The number of aliphatic hydroxyl groups is 1. The average Bonchev–Trinajstić information content (AvgIpc) is 3.48. The van der Waals surface area contributed by atoms with E-state index in [1.807, 2.05) is 0 Å². The van der Waals surface area contributed by atoms with Crippen molar-refractivity contribution in [1.29, 1.82) is 0 Å². The molecule has 1 aliphatic rings. The first-order valence-corrected chi connectivity index (χ1v) is 14.4. The Hall–Kier alpha value is -4.29. The summed E-state index contributed by atoms with van der Waals surface area (Å²) >= 11 is 5.85. The van der Waals surface area contributed by atoms with Crippen molar-refractivity contribution in [2.75, 3.05) is 11.4 Å². The van der Waals surface area contributed by atoms with Crippen LogP contribution < -0.4 is 16.0 Å². The molecule has 1 aliphatic heterocycles. The molecule has 5 N–H and O–H groups in total. The molecule has 1 saturated heterocycles. The third kappa shape index (κ3) is 7.61. The summed E-state index contributed by atoms with van der Waals surface area (Å²) in [4.78, 5) is 67.6. The number of amides is 3. The van der Waals surface area contributed by atoms with Crippen LogP contribution in [0.25, 0.3) is 10.9 Å². The zero-order chi connectivity index (χ0) is 32.4. The van der Waals surface area contributed by atoms with Crippen molar-refractivity contribution < 1.29 is 38.2 Å². The van der Waals surface area contributed by atoms with Crippen LogP contribution in [0.1, 0.15) is 62.5 Å². The largest absolute Gasteiger partial charge is 0.460 e. The minimum absolute atomic E-state index is 0.0493. The number of esters is 1. The summed E-state index contributed by atoms with van der Waals surface area (Å²) in [6, 6.07) is 10.2. The van der Waals surface area contributed by atoms with Gasteiger partial charge in [-0.25, -0.2) is 4.39 Å². The van der Waals surface area contributed by atoms with E-state index >= 15 is 0 Å². The monoisotopic (exact) mass is 628 g/mol. The highest BCUT2D eigenvalue weighted by atomic mass is 35.5. The number of benzene rings is 2. The highest BCUT2D eigenvalue weighted by molar-refractivity contribution is 6.30. The number of carbonyl (C=O) groups excluding carboxylic acids is 5. The maximum Gasteiger partial charge on any atom is 0.309 e. The molecule has 234 valence electrons. The number of primary amides is 1. The van der Waals surface area contributed by atoms with Crippen LogP contribution in [0.4, 0.5) is 10.1 Å². The van der Waals surface area contributed by atoms with E-state index in [9.17, 15) is 33.5 Å². The van der Waals surface area contributed by atoms with Crippen molar-refractivity contribution in [2.24, 2.45) is 11.7 Å². The summed E-state index contributed by atoms with van der Waals surface area (Å²) in [7, 11) is 0. The van der Waals surface area contributed by atoms with Gasteiger partial charge in [0.15, 0.2) is 5.78 Å². The number of aromatic nitrogens is 1. The number of carbonyl (C=O) groups is 5. The highest BCUT2D eigenvalue weighted by Gasteiger charge is 2.51.